The van der Waals surface area contributed by atoms with E-state index in [0.29, 0.717) is 37.8 Å². The second-order valence-corrected chi connectivity index (χ2v) is 6.53. The maximum atomic E-state index is 12.0. The molecule has 0 radical (unpaired) electrons. The summed E-state index contributed by atoms with van der Waals surface area (Å²) in [6, 6.07) is 7.37. The van der Waals surface area contributed by atoms with Crippen LogP contribution < -0.4 is 25.0 Å². The number of nitrogens with zero attached hydrogens (tertiary/aromatic N) is 3. The molecule has 2 N–H and O–H groups in total. The van der Waals surface area contributed by atoms with Crippen molar-refractivity contribution in [2.45, 2.75) is 0 Å². The Balaban J connectivity index is 1.43. The Morgan fingerprint density at radius 2 is 1.93 bits per heavy atom. The number of methoxy groups -OCH3 is 2. The zero-order valence-electron chi connectivity index (χ0n) is 17.3. The Hall–Kier alpha value is -3.33. The van der Waals surface area contributed by atoms with Gasteiger partial charge in [-0.15, -0.1) is 0 Å². The molecule has 3 rings (SSSR count). The van der Waals surface area contributed by atoms with Crippen molar-refractivity contribution < 1.29 is 19.0 Å². The van der Waals surface area contributed by atoms with Crippen molar-refractivity contribution in [1.29, 1.82) is 0 Å². The smallest absolute Gasteiger partial charge is 0.244 e. The fraction of sp³-hybridized carbons (Fsp3) is 0.381. The molecule has 9 nitrogen and oxygen atoms in total. The largest absolute Gasteiger partial charge is 0.493 e. The average molecular weight is 413 g/mol. The van der Waals surface area contributed by atoms with Gasteiger partial charge in [0.05, 0.1) is 27.4 Å². The number of anilines is 2. The lowest BCUT2D eigenvalue weighted by molar-refractivity contribution is -0.116. The fourth-order valence-corrected chi connectivity index (χ4v) is 2.97. The van der Waals surface area contributed by atoms with Crippen molar-refractivity contribution in [1.82, 2.24) is 15.3 Å². The summed E-state index contributed by atoms with van der Waals surface area (Å²) in [7, 11) is 3.16. The maximum Gasteiger partial charge on any atom is 0.244 e. The quantitative estimate of drug-likeness (QED) is 0.472. The van der Waals surface area contributed by atoms with Gasteiger partial charge in [-0.25, -0.2) is 9.97 Å². The Morgan fingerprint density at radius 3 is 2.70 bits per heavy atom. The van der Waals surface area contributed by atoms with Crippen LogP contribution in [0.4, 0.5) is 11.6 Å². The van der Waals surface area contributed by atoms with E-state index in [-0.39, 0.29) is 5.91 Å². The molecule has 30 heavy (non-hydrogen) atoms. The molecule has 2 heterocycles. The molecule has 1 amide bonds. The van der Waals surface area contributed by atoms with Gasteiger partial charge in [-0.2, -0.15) is 0 Å². The zero-order valence-corrected chi connectivity index (χ0v) is 17.3. The molecule has 0 saturated carbocycles. The van der Waals surface area contributed by atoms with Crippen LogP contribution in [-0.2, 0) is 9.53 Å². The van der Waals surface area contributed by atoms with Gasteiger partial charge < -0.3 is 29.7 Å². The summed E-state index contributed by atoms with van der Waals surface area (Å²) in [5, 5.41) is 6.04. The van der Waals surface area contributed by atoms with Gasteiger partial charge in [0, 0.05) is 38.3 Å². The standard InChI is InChI=1S/C21H27N5O4/c1-28-17-5-3-16(13-18(17)29-2)4-6-21(27)23-8-7-22-19-14-20(25-15-24-19)26-9-11-30-12-10-26/h3-6,13-15H,7-12H2,1-2H3,(H,23,27)(H,22,24,25)/b6-4+. The number of nitrogens with one attached hydrogen (secondary N) is 2. The van der Waals surface area contributed by atoms with Crippen LogP contribution in [0.1, 0.15) is 5.56 Å². The third kappa shape index (κ3) is 6.08. The lowest BCUT2D eigenvalue weighted by atomic mass is 10.2. The molecule has 1 fully saturated rings. The van der Waals surface area contributed by atoms with Crippen molar-refractivity contribution in [3.05, 3.63) is 42.2 Å². The number of hydrogen-bond acceptors (Lipinski definition) is 8. The number of carbonyl (C=O) groups is 1. The van der Waals surface area contributed by atoms with Crippen molar-refractivity contribution in [3.8, 4) is 11.5 Å². The molecular formula is C21H27N5O4. The summed E-state index contributed by atoms with van der Waals surface area (Å²) in [4.78, 5) is 22.8. The monoisotopic (exact) mass is 413 g/mol. The first-order valence-electron chi connectivity index (χ1n) is 9.76. The van der Waals surface area contributed by atoms with Crippen LogP contribution in [0.25, 0.3) is 6.08 Å². The number of morpholine rings is 1. The number of carbonyl (C=O) groups excluding carboxylic acids is 1. The van der Waals surface area contributed by atoms with Gasteiger partial charge in [-0.3, -0.25) is 4.79 Å². The molecule has 2 aromatic rings. The van der Waals surface area contributed by atoms with Crippen LogP contribution in [0.2, 0.25) is 0 Å². The first-order valence-corrected chi connectivity index (χ1v) is 9.76. The van der Waals surface area contributed by atoms with Gasteiger partial charge in [0.25, 0.3) is 0 Å². The second kappa shape index (κ2) is 11.0. The van der Waals surface area contributed by atoms with E-state index < -0.39 is 0 Å². The van der Waals surface area contributed by atoms with E-state index in [1.807, 2.05) is 18.2 Å². The molecule has 1 saturated heterocycles. The summed E-state index contributed by atoms with van der Waals surface area (Å²) < 4.78 is 15.8. The molecule has 0 atom stereocenters. The fourth-order valence-electron chi connectivity index (χ4n) is 2.97. The summed E-state index contributed by atoms with van der Waals surface area (Å²) in [6.45, 7) is 4.06. The second-order valence-electron chi connectivity index (χ2n) is 6.53. The molecule has 0 bridgehead atoms. The number of ether oxygens (including phenoxy) is 3. The third-order valence-electron chi connectivity index (χ3n) is 4.55. The molecule has 1 aromatic carbocycles. The molecule has 0 aliphatic carbocycles. The molecule has 0 unspecified atom stereocenters. The molecule has 160 valence electrons. The minimum Gasteiger partial charge on any atom is -0.493 e. The van der Waals surface area contributed by atoms with Crippen LogP contribution in [0.5, 0.6) is 11.5 Å². The minimum atomic E-state index is -0.178. The Kier molecular flexibility index (Phi) is 7.85. The van der Waals surface area contributed by atoms with Crippen molar-refractivity contribution >= 4 is 23.6 Å². The molecule has 0 spiro atoms. The van der Waals surface area contributed by atoms with Crippen LogP contribution in [0, 0.1) is 0 Å². The van der Waals surface area contributed by atoms with E-state index in [9.17, 15) is 4.79 Å². The van der Waals surface area contributed by atoms with Gasteiger partial charge in [-0.1, -0.05) is 6.07 Å². The van der Waals surface area contributed by atoms with E-state index >= 15 is 0 Å². The van der Waals surface area contributed by atoms with E-state index in [1.54, 1.807) is 26.4 Å². The molecule has 1 aliphatic heterocycles. The van der Waals surface area contributed by atoms with Crippen LogP contribution in [-0.4, -0.2) is 69.5 Å². The lowest BCUT2D eigenvalue weighted by Crippen LogP contribution is -2.36. The number of rotatable bonds is 9. The van der Waals surface area contributed by atoms with E-state index in [1.165, 1.54) is 12.4 Å². The zero-order chi connectivity index (χ0) is 21.2. The summed E-state index contributed by atoms with van der Waals surface area (Å²) in [5.41, 5.74) is 0.845. The summed E-state index contributed by atoms with van der Waals surface area (Å²) in [6.07, 6.45) is 4.75. The summed E-state index contributed by atoms with van der Waals surface area (Å²) >= 11 is 0. The Bertz CT molecular complexity index is 868. The van der Waals surface area contributed by atoms with Gasteiger partial charge >= 0.3 is 0 Å². The highest BCUT2D eigenvalue weighted by molar-refractivity contribution is 5.91. The number of aromatic nitrogens is 2. The van der Waals surface area contributed by atoms with Crippen molar-refractivity contribution in [3.63, 3.8) is 0 Å². The highest BCUT2D eigenvalue weighted by atomic mass is 16.5. The number of amides is 1. The molecule has 1 aliphatic rings. The van der Waals surface area contributed by atoms with Gasteiger partial charge in [0.1, 0.15) is 18.0 Å². The Labute approximate surface area is 176 Å². The van der Waals surface area contributed by atoms with Crippen molar-refractivity contribution in [2.24, 2.45) is 0 Å². The lowest BCUT2D eigenvalue weighted by Gasteiger charge is -2.27. The first kappa shape index (κ1) is 21.4. The topological polar surface area (TPSA) is 97.8 Å². The van der Waals surface area contributed by atoms with Crippen LogP contribution >= 0.6 is 0 Å². The number of hydrogen-bond donors (Lipinski definition) is 2. The van der Waals surface area contributed by atoms with Crippen LogP contribution in [0.3, 0.4) is 0 Å². The third-order valence-corrected chi connectivity index (χ3v) is 4.55. The predicted octanol–water partition coefficient (Wildman–Crippen LogP) is 1.57. The van der Waals surface area contributed by atoms with Crippen LogP contribution in [0.15, 0.2) is 36.7 Å². The van der Waals surface area contributed by atoms with Crippen molar-refractivity contribution in [2.75, 3.05) is 63.8 Å². The minimum absolute atomic E-state index is 0.178. The molecule has 9 heteroatoms. The van der Waals surface area contributed by atoms with Gasteiger partial charge in [0.15, 0.2) is 11.5 Å². The first-order chi connectivity index (χ1) is 14.7. The highest BCUT2D eigenvalue weighted by Crippen LogP contribution is 2.27. The number of benzene rings is 1. The maximum absolute atomic E-state index is 12.0. The highest BCUT2D eigenvalue weighted by Gasteiger charge is 2.12. The van der Waals surface area contributed by atoms with Gasteiger partial charge in [-0.05, 0) is 23.8 Å². The predicted molar refractivity (Wildman–Crippen MR) is 115 cm³/mol. The van der Waals surface area contributed by atoms with E-state index in [2.05, 4.69) is 25.5 Å². The SMILES string of the molecule is COc1ccc(/C=C/C(=O)NCCNc2cc(N3CCOCC3)ncn2)cc1OC. The van der Waals surface area contributed by atoms with E-state index in [0.717, 1.165) is 30.3 Å². The molecule has 1 aromatic heterocycles. The normalized spacial score (nSPS) is 13.9. The van der Waals surface area contributed by atoms with E-state index in [4.69, 9.17) is 14.2 Å². The Morgan fingerprint density at radius 1 is 1.13 bits per heavy atom. The molecular weight excluding hydrogens is 386 g/mol. The van der Waals surface area contributed by atoms with Gasteiger partial charge in [0.2, 0.25) is 5.91 Å². The average Bonchev–Trinajstić information content (AvgIpc) is 2.81. The summed E-state index contributed by atoms with van der Waals surface area (Å²) in [5.74, 6) is 2.68.